The van der Waals surface area contributed by atoms with Crippen molar-refractivity contribution in [3.05, 3.63) is 133 Å². The molecule has 0 atom stereocenters. The van der Waals surface area contributed by atoms with Gasteiger partial charge in [0.05, 0.1) is 63.9 Å². The fourth-order valence-electron chi connectivity index (χ4n) is 5.45. The van der Waals surface area contributed by atoms with Crippen LogP contribution in [0.1, 0.15) is 41.9 Å². The number of aromatic nitrogens is 4. The van der Waals surface area contributed by atoms with E-state index in [4.69, 9.17) is 4.74 Å². The molecule has 0 aliphatic heterocycles. The van der Waals surface area contributed by atoms with Crippen LogP contribution >= 0.6 is 0 Å². The van der Waals surface area contributed by atoms with E-state index >= 15 is 0 Å². The van der Waals surface area contributed by atoms with Crippen molar-refractivity contribution >= 4 is 35.2 Å². The maximum atomic E-state index is 10.8. The summed E-state index contributed by atoms with van der Waals surface area (Å²) >= 11 is 0. The number of phenolic OH excluding ortho intramolecular Hbond substituents is 2. The molecule has 57 heavy (non-hydrogen) atoms. The summed E-state index contributed by atoms with van der Waals surface area (Å²) in [6.45, 7) is 3.54. The number of aromatic hydroxyl groups is 4. The Kier molecular flexibility index (Phi) is 14.2. The number of non-ortho nitro benzene ring substituents is 2. The molecule has 4 aromatic carbocycles. The van der Waals surface area contributed by atoms with Crippen molar-refractivity contribution in [2.24, 2.45) is 9.98 Å². The van der Waals surface area contributed by atoms with E-state index in [9.17, 15) is 45.8 Å². The first kappa shape index (κ1) is 42.6. The first-order valence-corrected chi connectivity index (χ1v) is 16.9. The Balaban J connectivity index is 0.000000248. The minimum absolute atomic E-state index is 0. The largest absolute Gasteiger partial charge is 0.505 e. The summed E-state index contributed by atoms with van der Waals surface area (Å²) in [5.41, 5.74) is 3.36. The summed E-state index contributed by atoms with van der Waals surface area (Å²) in [6.07, 6.45) is 3.76. The number of aliphatic imine (C=N–C) groups is 2. The predicted molar refractivity (Wildman–Crippen MR) is 206 cm³/mol. The summed E-state index contributed by atoms with van der Waals surface area (Å²) in [5.74, 6) is -0.435. The minimum Gasteiger partial charge on any atom is -0.505 e. The molecular weight excluding hydrogens is 787 g/mol. The van der Waals surface area contributed by atoms with Gasteiger partial charge in [0.15, 0.2) is 0 Å². The average molecular weight is 824 g/mol. The number of rotatable bonds is 12. The van der Waals surface area contributed by atoms with Gasteiger partial charge in [-0.1, -0.05) is 44.2 Å². The number of nitro benzene ring substituents is 2. The van der Waals surface area contributed by atoms with Gasteiger partial charge in [-0.2, -0.15) is 19.6 Å². The second-order valence-corrected chi connectivity index (χ2v) is 11.7. The molecule has 0 fully saturated rings. The van der Waals surface area contributed by atoms with E-state index in [0.717, 1.165) is 12.1 Å². The van der Waals surface area contributed by atoms with E-state index in [0.29, 0.717) is 58.0 Å². The van der Waals surface area contributed by atoms with E-state index in [1.54, 1.807) is 42.5 Å². The molecule has 0 saturated carbocycles. The number of aryl methyl sites for hydroxylation is 2. The van der Waals surface area contributed by atoms with Gasteiger partial charge in [0.1, 0.15) is 34.3 Å². The molecule has 1 radical (unpaired) electrons. The molecule has 0 aliphatic carbocycles. The van der Waals surface area contributed by atoms with Gasteiger partial charge >= 0.3 is 0 Å². The van der Waals surface area contributed by atoms with Crippen LogP contribution in [0.2, 0.25) is 0 Å². The van der Waals surface area contributed by atoms with Crippen LogP contribution in [0.25, 0.3) is 11.4 Å². The molecule has 6 aromatic rings. The van der Waals surface area contributed by atoms with Gasteiger partial charge in [-0.05, 0) is 43.2 Å². The van der Waals surface area contributed by atoms with Crippen LogP contribution in [0.3, 0.4) is 0 Å². The summed E-state index contributed by atoms with van der Waals surface area (Å²) < 4.78 is 8.00. The third-order valence-corrected chi connectivity index (χ3v) is 8.32. The van der Waals surface area contributed by atoms with Crippen molar-refractivity contribution in [1.29, 1.82) is 0 Å². The van der Waals surface area contributed by atoms with Crippen molar-refractivity contribution in [3.63, 3.8) is 0 Å². The molecule has 2 heterocycles. The first-order chi connectivity index (χ1) is 26.9. The van der Waals surface area contributed by atoms with Gasteiger partial charge in [-0.15, -0.1) is 0 Å². The van der Waals surface area contributed by atoms with Crippen LogP contribution in [0.4, 0.5) is 22.7 Å². The third kappa shape index (κ3) is 9.42. The number of para-hydroxylation sites is 3. The molecule has 0 unspecified atom stereocenters. The van der Waals surface area contributed by atoms with Crippen molar-refractivity contribution in [3.8, 4) is 40.4 Å². The quantitative estimate of drug-likeness (QED) is 0.0503. The van der Waals surface area contributed by atoms with Crippen LogP contribution in [0.15, 0.2) is 94.9 Å². The Morgan fingerprint density at radius 3 is 1.56 bits per heavy atom. The second-order valence-electron chi connectivity index (χ2n) is 11.7. The molecule has 0 saturated heterocycles. The zero-order chi connectivity index (χ0) is 40.5. The van der Waals surface area contributed by atoms with E-state index in [2.05, 4.69) is 20.2 Å². The van der Waals surface area contributed by atoms with Crippen LogP contribution in [0.5, 0.6) is 29.0 Å². The number of methoxy groups -OCH3 is 1. The summed E-state index contributed by atoms with van der Waals surface area (Å²) in [5, 5.41) is 81.1. The normalized spacial score (nSPS) is 10.9. The van der Waals surface area contributed by atoms with Crippen LogP contribution < -0.4 is 4.74 Å². The van der Waals surface area contributed by atoms with E-state index in [-0.39, 0.29) is 69.4 Å². The van der Waals surface area contributed by atoms with Crippen LogP contribution in [0, 0.1) is 20.2 Å². The van der Waals surface area contributed by atoms with Gasteiger partial charge in [-0.3, -0.25) is 30.2 Å². The molecule has 0 spiro atoms. The SMILES string of the molecule is CCc1nn(-c2ccccc2CO)c(O)c1C=Nc1ccc([N+](=O)[O-])cc1O.CCc1nn(-c2ccccc2OC)c(O)c1C=Nc1ccc([N+](=O)[O-])cc1O.[Co]. The zero-order valence-corrected chi connectivity index (χ0v) is 31.6. The van der Waals surface area contributed by atoms with Crippen molar-refractivity contribution < 1.29 is 56.9 Å². The topological polar surface area (TPSA) is 257 Å². The minimum atomic E-state index is -0.614. The van der Waals surface area contributed by atoms with E-state index in [1.165, 1.54) is 53.2 Å². The third-order valence-electron chi connectivity index (χ3n) is 8.32. The van der Waals surface area contributed by atoms with Gasteiger partial charge in [-0.25, -0.2) is 0 Å². The van der Waals surface area contributed by atoms with Gasteiger partial charge < -0.3 is 30.3 Å². The molecule has 5 N–H and O–H groups in total. The number of ether oxygens (including phenoxy) is 1. The monoisotopic (exact) mass is 823 g/mol. The average Bonchev–Trinajstić information content (AvgIpc) is 3.70. The number of hydrogen-bond acceptors (Lipinski definition) is 14. The summed E-state index contributed by atoms with van der Waals surface area (Å²) in [4.78, 5) is 28.6. The van der Waals surface area contributed by atoms with Crippen LogP contribution in [-0.4, -0.2) is 74.5 Å². The molecule has 19 heteroatoms. The number of phenols is 2. The number of nitrogens with zero attached hydrogens (tertiary/aromatic N) is 8. The molecule has 18 nitrogen and oxygen atoms in total. The Hall–Kier alpha value is -7.09. The van der Waals surface area contributed by atoms with Crippen molar-refractivity contribution in [2.45, 2.75) is 33.3 Å². The van der Waals surface area contributed by atoms with Gasteiger partial charge in [0.25, 0.3) is 11.4 Å². The molecular formula is C38H36CoN8O10. The number of benzene rings is 4. The molecule has 6 rings (SSSR count). The van der Waals surface area contributed by atoms with Gasteiger partial charge in [0, 0.05) is 46.9 Å². The second kappa shape index (κ2) is 19.0. The number of hydrogen-bond donors (Lipinski definition) is 5. The van der Waals surface area contributed by atoms with Crippen LogP contribution in [-0.2, 0) is 36.2 Å². The molecule has 2 aromatic heterocycles. The smallest absolute Gasteiger partial charge is 0.273 e. The maximum absolute atomic E-state index is 10.8. The van der Waals surface area contributed by atoms with Gasteiger partial charge in [0.2, 0.25) is 11.8 Å². The Bertz CT molecular complexity index is 2290. The fraction of sp³-hybridized carbons (Fsp3) is 0.158. The molecule has 0 aliphatic rings. The summed E-state index contributed by atoms with van der Waals surface area (Å²) in [7, 11) is 1.53. The standard InChI is InChI=1S/2C19H18N4O5.Co/c1-3-14-13(11-20-15-9-8-12(23(26)27)10-17(15)24)19(25)22(21-14)16-6-4-5-7-18(16)28-2;1-2-15-14(10-20-16-8-7-13(23(27)28)9-18(16)25)19(26)22(21-15)17-6-4-3-5-12(17)11-24;/h4-11,24-25H,3H2,1-2H3;3-10,24-26H,2,11H2,1H3;. The zero-order valence-electron chi connectivity index (χ0n) is 30.5. The summed E-state index contributed by atoms with van der Waals surface area (Å²) in [6, 6.07) is 21.3. The number of aliphatic hydroxyl groups is 1. The molecule has 297 valence electrons. The first-order valence-electron chi connectivity index (χ1n) is 16.9. The molecule has 0 bridgehead atoms. The fourth-order valence-corrected chi connectivity index (χ4v) is 5.45. The Labute approximate surface area is 334 Å². The Morgan fingerprint density at radius 1 is 0.702 bits per heavy atom. The molecule has 0 amide bonds. The van der Waals surface area contributed by atoms with E-state index in [1.807, 2.05) is 19.9 Å². The van der Waals surface area contributed by atoms with Crippen molar-refractivity contribution in [1.82, 2.24) is 19.6 Å². The van der Waals surface area contributed by atoms with E-state index < -0.39 is 9.85 Å². The maximum Gasteiger partial charge on any atom is 0.273 e. The van der Waals surface area contributed by atoms with Crippen molar-refractivity contribution in [2.75, 3.05) is 7.11 Å². The number of nitro groups is 2. The predicted octanol–water partition coefficient (Wildman–Crippen LogP) is 6.51. The number of aliphatic hydroxyl groups excluding tert-OH is 1. The Morgan fingerprint density at radius 2 is 1.14 bits per heavy atom.